The van der Waals surface area contributed by atoms with Crippen LogP contribution in [-0.2, 0) is 9.59 Å². The lowest BCUT2D eigenvalue weighted by atomic mass is 10.0. The Labute approximate surface area is 230 Å². The molecule has 0 aliphatic carbocycles. The second-order valence-corrected chi connectivity index (χ2v) is 9.00. The van der Waals surface area contributed by atoms with E-state index in [1.807, 2.05) is 56.3 Å². The Morgan fingerprint density at radius 2 is 1.65 bits per heavy atom. The molecule has 214 valence electrons. The quantitative estimate of drug-likeness (QED) is 0.167. The summed E-state index contributed by atoms with van der Waals surface area (Å²) in [6, 6.07) is 12.6. The second-order valence-electron chi connectivity index (χ2n) is 8.64. The van der Waals surface area contributed by atoms with Gasteiger partial charge in [-0.3, -0.25) is 20.3 Å². The predicted octanol–water partition coefficient (Wildman–Crippen LogP) is 3.39. The molecule has 0 aliphatic rings. The number of amides is 2. The monoisotopic (exact) mass is 582 g/mol. The number of anilines is 3. The van der Waals surface area contributed by atoms with Crippen molar-refractivity contribution in [2.45, 2.75) is 32.5 Å². The van der Waals surface area contributed by atoms with Crippen LogP contribution in [0.25, 0.3) is 10.8 Å². The van der Waals surface area contributed by atoms with E-state index >= 15 is 0 Å². The van der Waals surface area contributed by atoms with E-state index < -0.39 is 30.1 Å². The molecule has 0 bridgehead atoms. The van der Waals surface area contributed by atoms with E-state index in [0.29, 0.717) is 12.1 Å². The Morgan fingerprint density at radius 1 is 1.05 bits per heavy atom. The van der Waals surface area contributed by atoms with Crippen molar-refractivity contribution in [2.24, 2.45) is 5.92 Å². The van der Waals surface area contributed by atoms with E-state index in [-0.39, 0.29) is 34.3 Å². The minimum absolute atomic E-state index is 0.110. The maximum Gasteiger partial charge on any atom is 0.490 e. The molecule has 0 spiro atoms. The largest absolute Gasteiger partial charge is 0.490 e. The number of carboxylic acid groups (broad SMARTS) is 1. The molecule has 0 aliphatic heterocycles. The maximum atomic E-state index is 13.0. The van der Waals surface area contributed by atoms with Crippen LogP contribution in [0.3, 0.4) is 0 Å². The molecule has 3 aromatic rings. The van der Waals surface area contributed by atoms with Crippen molar-refractivity contribution in [3.05, 3.63) is 53.3 Å². The number of fused-ring (bicyclic) bond motifs is 1. The summed E-state index contributed by atoms with van der Waals surface area (Å²) in [7, 11) is 0. The van der Waals surface area contributed by atoms with Gasteiger partial charge in [0.05, 0.1) is 0 Å². The van der Waals surface area contributed by atoms with Gasteiger partial charge in [0.2, 0.25) is 5.91 Å². The number of hydrogen-bond acceptors (Lipinski definition) is 8. The summed E-state index contributed by atoms with van der Waals surface area (Å²) in [6.07, 6.45) is -4.66. The van der Waals surface area contributed by atoms with Crippen LogP contribution in [-0.4, -0.2) is 51.0 Å². The number of nitrogens with zero attached hydrogens (tertiary/aromatic N) is 2. The van der Waals surface area contributed by atoms with Gasteiger partial charge in [0, 0.05) is 5.69 Å². The Morgan fingerprint density at radius 3 is 2.23 bits per heavy atom. The van der Waals surface area contributed by atoms with E-state index in [0.717, 1.165) is 10.8 Å². The molecule has 0 unspecified atom stereocenters. The molecular formula is C24H26ClF3N8O4. The Hall–Kier alpha value is -4.66. The summed E-state index contributed by atoms with van der Waals surface area (Å²) >= 11 is 5.81. The highest BCUT2D eigenvalue weighted by molar-refractivity contribution is 6.31. The van der Waals surface area contributed by atoms with Crippen molar-refractivity contribution in [3.8, 4) is 0 Å². The molecule has 40 heavy (non-hydrogen) atoms. The SMILES string of the molecule is CC(C)C[C@H](NC(=N)NC(=O)c1nc(Cl)c(N)nc1N)C(=O)Nc1ccc2ccccc2c1.O=C(O)C(F)(F)F. The number of guanidine groups is 1. The molecule has 0 radical (unpaired) electrons. The number of hydrogen-bond donors (Lipinski definition) is 7. The Balaban J connectivity index is 0.000000708. The van der Waals surface area contributed by atoms with Gasteiger partial charge in [-0.1, -0.05) is 55.8 Å². The van der Waals surface area contributed by atoms with Crippen molar-refractivity contribution in [1.82, 2.24) is 20.6 Å². The molecule has 3 rings (SSSR count). The summed E-state index contributed by atoms with van der Waals surface area (Å²) in [5, 5.41) is 25.0. The van der Waals surface area contributed by atoms with Gasteiger partial charge in [-0.05, 0) is 35.2 Å². The van der Waals surface area contributed by atoms with Crippen LogP contribution in [0.4, 0.5) is 30.5 Å². The molecule has 1 atom stereocenters. The van der Waals surface area contributed by atoms with Gasteiger partial charge in [0.25, 0.3) is 5.91 Å². The van der Waals surface area contributed by atoms with Gasteiger partial charge in [-0.2, -0.15) is 13.2 Å². The second kappa shape index (κ2) is 13.4. The Bertz CT molecular complexity index is 1420. The van der Waals surface area contributed by atoms with E-state index in [2.05, 4.69) is 25.9 Å². The molecule has 0 saturated heterocycles. The molecular weight excluding hydrogens is 557 g/mol. The third-order valence-corrected chi connectivity index (χ3v) is 5.24. The zero-order chi connectivity index (χ0) is 30.2. The van der Waals surface area contributed by atoms with Gasteiger partial charge in [-0.15, -0.1) is 0 Å². The first kappa shape index (κ1) is 31.6. The van der Waals surface area contributed by atoms with Crippen molar-refractivity contribution in [2.75, 3.05) is 16.8 Å². The molecule has 12 nitrogen and oxygen atoms in total. The lowest BCUT2D eigenvalue weighted by molar-refractivity contribution is -0.192. The molecule has 0 fully saturated rings. The number of benzene rings is 2. The van der Waals surface area contributed by atoms with Gasteiger partial charge in [0.1, 0.15) is 6.04 Å². The minimum atomic E-state index is -5.08. The normalized spacial score (nSPS) is 11.7. The predicted molar refractivity (Wildman–Crippen MR) is 144 cm³/mol. The average molecular weight is 583 g/mol. The topological polar surface area (TPSA) is 209 Å². The fraction of sp³-hybridized carbons (Fsp3) is 0.250. The van der Waals surface area contributed by atoms with Crippen LogP contribution in [0, 0.1) is 11.3 Å². The smallest absolute Gasteiger partial charge is 0.475 e. The molecule has 2 amide bonds. The van der Waals surface area contributed by atoms with Crippen molar-refractivity contribution in [1.29, 1.82) is 5.41 Å². The number of nitrogens with two attached hydrogens (primary N) is 2. The summed E-state index contributed by atoms with van der Waals surface area (Å²) in [6.45, 7) is 3.90. The number of halogens is 4. The highest BCUT2D eigenvalue weighted by atomic mass is 35.5. The van der Waals surface area contributed by atoms with E-state index in [9.17, 15) is 22.8 Å². The molecule has 0 saturated carbocycles. The number of carbonyl (C=O) groups is 3. The molecule has 9 N–H and O–H groups in total. The van der Waals surface area contributed by atoms with Crippen LogP contribution < -0.4 is 27.4 Å². The number of rotatable bonds is 6. The van der Waals surface area contributed by atoms with Crippen molar-refractivity contribution >= 4 is 63.4 Å². The van der Waals surface area contributed by atoms with Crippen LogP contribution in [0.2, 0.25) is 5.15 Å². The van der Waals surface area contributed by atoms with Gasteiger partial charge < -0.3 is 27.2 Å². The summed E-state index contributed by atoms with van der Waals surface area (Å²) < 4.78 is 31.7. The lowest BCUT2D eigenvalue weighted by Gasteiger charge is -2.21. The Kier molecular flexibility index (Phi) is 10.6. The third-order valence-electron chi connectivity index (χ3n) is 4.96. The number of aliphatic carboxylic acids is 1. The first-order valence-electron chi connectivity index (χ1n) is 11.4. The first-order chi connectivity index (χ1) is 18.6. The average Bonchev–Trinajstić information content (AvgIpc) is 2.85. The molecule has 16 heteroatoms. The zero-order valence-corrected chi connectivity index (χ0v) is 21.9. The van der Waals surface area contributed by atoms with E-state index in [1.54, 1.807) is 0 Å². The van der Waals surface area contributed by atoms with E-state index in [4.69, 9.17) is 38.4 Å². The molecule has 1 heterocycles. The van der Waals surface area contributed by atoms with Crippen LogP contribution >= 0.6 is 11.6 Å². The zero-order valence-electron chi connectivity index (χ0n) is 21.1. The minimum Gasteiger partial charge on any atom is -0.475 e. The summed E-state index contributed by atoms with van der Waals surface area (Å²) in [5.41, 5.74) is 11.5. The highest BCUT2D eigenvalue weighted by Gasteiger charge is 2.38. The number of nitrogens with one attached hydrogen (secondary N) is 4. The van der Waals surface area contributed by atoms with Gasteiger partial charge in [0.15, 0.2) is 28.4 Å². The maximum absolute atomic E-state index is 13.0. The van der Waals surface area contributed by atoms with Crippen molar-refractivity contribution < 1.29 is 32.7 Å². The first-order valence-corrected chi connectivity index (χ1v) is 11.8. The molecule has 2 aromatic carbocycles. The third kappa shape index (κ3) is 9.27. The number of alkyl halides is 3. The number of carbonyl (C=O) groups excluding carboxylic acids is 2. The van der Waals surface area contributed by atoms with Crippen molar-refractivity contribution in [3.63, 3.8) is 0 Å². The highest BCUT2D eigenvalue weighted by Crippen LogP contribution is 2.20. The lowest BCUT2D eigenvalue weighted by Crippen LogP contribution is -2.50. The van der Waals surface area contributed by atoms with Gasteiger partial charge >= 0.3 is 12.1 Å². The number of aromatic nitrogens is 2. The summed E-state index contributed by atoms with van der Waals surface area (Å²) in [5.74, 6) is -4.49. The van der Waals surface area contributed by atoms with Gasteiger partial charge in [-0.25, -0.2) is 14.8 Å². The standard InChI is InChI=1S/C22H25ClN8O2.C2HF3O2/c1-11(2)9-15(20(32)27-14-8-7-12-5-3-4-6-13(12)10-14)28-22(26)31-21(33)16-18(24)30-19(25)17(23)29-16;3-2(4,5)1(6)7/h3-8,10-11,15H,9H2,1-2H3,(H,27,32)(H4,24,25,30)(H3,26,28,31,33);(H,6,7)/t15-;/m0./s1. The van der Waals surface area contributed by atoms with E-state index in [1.165, 1.54) is 0 Å². The number of carboxylic acids is 1. The van der Waals surface area contributed by atoms with Crippen LogP contribution in [0.15, 0.2) is 42.5 Å². The molecule has 1 aromatic heterocycles. The summed E-state index contributed by atoms with van der Waals surface area (Å²) in [4.78, 5) is 41.9. The number of nitrogen functional groups attached to an aromatic ring is 2. The van der Waals surface area contributed by atoms with Crippen LogP contribution in [0.5, 0.6) is 0 Å². The fourth-order valence-corrected chi connectivity index (χ4v) is 3.32. The van der Waals surface area contributed by atoms with Crippen LogP contribution in [0.1, 0.15) is 30.8 Å². The fourth-order valence-electron chi connectivity index (χ4n) is 3.19.